The Morgan fingerprint density at radius 3 is 2.89 bits per heavy atom. The van der Waals surface area contributed by atoms with Crippen LogP contribution >= 0.6 is 0 Å². The molecule has 6 nitrogen and oxygen atoms in total. The number of aliphatic hydroxyl groups excluding tert-OH is 1. The molecular weight excluding hydrogens is 466 g/mol. The fourth-order valence-corrected chi connectivity index (χ4v) is 4.75. The molecule has 1 aliphatic heterocycles. The number of likely N-dealkylation sites (tertiary alicyclic amines) is 1. The van der Waals surface area contributed by atoms with Gasteiger partial charge in [-0.25, -0.2) is 8.78 Å². The van der Waals surface area contributed by atoms with Gasteiger partial charge >= 0.3 is 5.97 Å². The molecule has 36 heavy (non-hydrogen) atoms. The van der Waals surface area contributed by atoms with Crippen LogP contribution in [0, 0.1) is 35.4 Å². The number of nitrogens with zero attached hydrogens (tertiary/aromatic N) is 2. The van der Waals surface area contributed by atoms with Crippen LogP contribution in [-0.2, 0) is 11.2 Å². The maximum Gasteiger partial charge on any atom is 0.308 e. The predicted molar refractivity (Wildman–Crippen MR) is 131 cm³/mol. The molecule has 8 heteroatoms. The normalized spacial score (nSPS) is 18.4. The molecule has 2 aromatic carbocycles. The van der Waals surface area contributed by atoms with Crippen molar-refractivity contribution in [2.45, 2.75) is 31.8 Å². The molecule has 3 atom stereocenters. The first-order valence-corrected chi connectivity index (χ1v) is 11.9. The number of aliphatic hydroxyl groups is 1. The van der Waals surface area contributed by atoms with Gasteiger partial charge in [0.15, 0.2) is 11.6 Å². The lowest BCUT2D eigenvalue weighted by atomic mass is 9.81. The van der Waals surface area contributed by atoms with E-state index >= 15 is 0 Å². The van der Waals surface area contributed by atoms with Crippen molar-refractivity contribution in [1.82, 2.24) is 9.88 Å². The molecule has 2 heterocycles. The first kappa shape index (κ1) is 25.4. The summed E-state index contributed by atoms with van der Waals surface area (Å²) in [6.07, 6.45) is 2.49. The van der Waals surface area contributed by atoms with Crippen LogP contribution in [0.1, 0.15) is 36.5 Å². The second kappa shape index (κ2) is 11.4. The number of hydrogen-bond donors (Lipinski definition) is 2. The number of methoxy groups -OCH3 is 1. The van der Waals surface area contributed by atoms with Gasteiger partial charge < -0.3 is 19.8 Å². The molecule has 0 saturated carbocycles. The summed E-state index contributed by atoms with van der Waals surface area (Å²) in [5.74, 6) is 0.0207. The third-order valence-electron chi connectivity index (χ3n) is 6.77. The van der Waals surface area contributed by atoms with Crippen molar-refractivity contribution >= 4 is 16.9 Å². The van der Waals surface area contributed by atoms with E-state index < -0.39 is 29.6 Å². The van der Waals surface area contributed by atoms with E-state index in [2.05, 4.69) is 16.9 Å². The molecule has 1 aliphatic rings. The molecule has 1 aromatic heterocycles. The molecule has 1 saturated heterocycles. The van der Waals surface area contributed by atoms with Crippen LogP contribution in [-0.4, -0.2) is 46.3 Å². The molecule has 3 aromatic rings. The van der Waals surface area contributed by atoms with Gasteiger partial charge in [0.1, 0.15) is 5.75 Å². The molecule has 0 radical (unpaired) electrons. The molecule has 0 spiro atoms. The van der Waals surface area contributed by atoms with Crippen LogP contribution in [0.25, 0.3) is 10.9 Å². The number of aliphatic carboxylic acids is 1. The minimum Gasteiger partial charge on any atom is -0.497 e. The summed E-state index contributed by atoms with van der Waals surface area (Å²) in [5.41, 5.74) is 1.65. The number of carbonyl (C=O) groups is 1. The SMILES string of the molecule is COc1ccc2nccc(C(O)CC[C@@H]3CCN(C#CCc4cccc(F)c4F)C[C@@H]3C(=O)O)c2c1. The zero-order chi connectivity index (χ0) is 25.7. The summed E-state index contributed by atoms with van der Waals surface area (Å²) in [7, 11) is 1.58. The van der Waals surface area contributed by atoms with E-state index in [1.807, 2.05) is 18.2 Å². The molecule has 1 unspecified atom stereocenters. The standard InChI is InChI=1S/C28H28F2N2O4/c1-36-20-8-9-25-22(16-20)21(11-13-31-25)26(33)10-7-18-12-15-32(17-23(18)28(34)35)14-3-5-19-4-2-6-24(29)27(19)30/h2,4,6,8-9,11,13,16,18,23,26,33H,5,7,10,12,15,17H2,1H3,(H,34,35)/t18-,23+,26?/m1/s1. The first-order chi connectivity index (χ1) is 17.4. The number of ether oxygens (including phenoxy) is 1. The van der Waals surface area contributed by atoms with Crippen molar-refractivity contribution in [3.05, 3.63) is 71.4 Å². The lowest BCUT2D eigenvalue weighted by molar-refractivity contribution is -0.145. The fraction of sp³-hybridized carbons (Fsp3) is 0.357. The van der Waals surface area contributed by atoms with Gasteiger partial charge in [-0.15, -0.1) is 0 Å². The summed E-state index contributed by atoms with van der Waals surface area (Å²) in [5, 5.41) is 21.6. The van der Waals surface area contributed by atoms with Gasteiger partial charge in [0.25, 0.3) is 0 Å². The van der Waals surface area contributed by atoms with Gasteiger partial charge in [-0.05, 0) is 61.1 Å². The van der Waals surface area contributed by atoms with Crippen LogP contribution in [0.3, 0.4) is 0 Å². The van der Waals surface area contributed by atoms with E-state index in [1.54, 1.807) is 24.3 Å². The summed E-state index contributed by atoms with van der Waals surface area (Å²) < 4.78 is 32.5. The lowest BCUT2D eigenvalue weighted by Crippen LogP contribution is -2.41. The molecule has 0 bridgehead atoms. The Bertz CT molecular complexity index is 1300. The zero-order valence-corrected chi connectivity index (χ0v) is 20.0. The van der Waals surface area contributed by atoms with Crippen LogP contribution in [0.5, 0.6) is 5.75 Å². The highest BCUT2D eigenvalue weighted by Gasteiger charge is 2.34. The number of rotatable bonds is 7. The maximum absolute atomic E-state index is 13.8. The minimum atomic E-state index is -0.915. The number of aromatic nitrogens is 1. The first-order valence-electron chi connectivity index (χ1n) is 11.9. The van der Waals surface area contributed by atoms with Crippen molar-refractivity contribution in [1.29, 1.82) is 0 Å². The number of halogens is 2. The Morgan fingerprint density at radius 2 is 2.11 bits per heavy atom. The van der Waals surface area contributed by atoms with E-state index in [9.17, 15) is 23.8 Å². The van der Waals surface area contributed by atoms with Crippen molar-refractivity contribution in [3.63, 3.8) is 0 Å². The minimum absolute atomic E-state index is 0.0398. The molecule has 2 N–H and O–H groups in total. The number of piperidine rings is 1. The van der Waals surface area contributed by atoms with Crippen LogP contribution < -0.4 is 4.74 Å². The van der Waals surface area contributed by atoms with Gasteiger partial charge in [0.05, 0.1) is 24.6 Å². The summed E-state index contributed by atoms with van der Waals surface area (Å²) in [6.45, 7) is 0.808. The predicted octanol–water partition coefficient (Wildman–Crippen LogP) is 4.56. The quantitative estimate of drug-likeness (QED) is 0.469. The number of hydrogen-bond acceptors (Lipinski definition) is 5. The van der Waals surface area contributed by atoms with Gasteiger partial charge in [0.2, 0.25) is 0 Å². The zero-order valence-electron chi connectivity index (χ0n) is 20.0. The highest BCUT2D eigenvalue weighted by molar-refractivity contribution is 5.83. The molecule has 4 rings (SSSR count). The van der Waals surface area contributed by atoms with Gasteiger partial charge in [0, 0.05) is 42.7 Å². The van der Waals surface area contributed by atoms with E-state index in [1.165, 1.54) is 12.1 Å². The average molecular weight is 495 g/mol. The molecule has 0 amide bonds. The number of carboxylic acids is 1. The average Bonchev–Trinajstić information content (AvgIpc) is 2.89. The van der Waals surface area contributed by atoms with E-state index in [4.69, 9.17) is 4.74 Å². The van der Waals surface area contributed by atoms with E-state index in [0.717, 1.165) is 22.5 Å². The van der Waals surface area contributed by atoms with Gasteiger partial charge in [-0.2, -0.15) is 0 Å². The third-order valence-corrected chi connectivity index (χ3v) is 6.77. The molecule has 0 aliphatic carbocycles. The number of carboxylic acid groups (broad SMARTS) is 1. The Balaban J connectivity index is 1.39. The Kier molecular flexibility index (Phi) is 8.01. The highest BCUT2D eigenvalue weighted by atomic mass is 19.2. The maximum atomic E-state index is 13.8. The molecular formula is C28H28F2N2O4. The summed E-state index contributed by atoms with van der Waals surface area (Å²) >= 11 is 0. The van der Waals surface area contributed by atoms with Crippen molar-refractivity contribution < 1.29 is 28.5 Å². The van der Waals surface area contributed by atoms with Crippen LogP contribution in [0.4, 0.5) is 8.78 Å². The summed E-state index contributed by atoms with van der Waals surface area (Å²) in [4.78, 5) is 18.1. The topological polar surface area (TPSA) is 82.9 Å². The second-order valence-electron chi connectivity index (χ2n) is 8.99. The van der Waals surface area contributed by atoms with Gasteiger partial charge in [-0.1, -0.05) is 18.1 Å². The third kappa shape index (κ3) is 5.74. The molecule has 188 valence electrons. The Morgan fingerprint density at radius 1 is 1.28 bits per heavy atom. The summed E-state index contributed by atoms with van der Waals surface area (Å²) in [6, 6.07) is 14.1. The second-order valence-corrected chi connectivity index (χ2v) is 8.99. The number of pyridine rings is 1. The lowest BCUT2D eigenvalue weighted by Gasteiger charge is -2.35. The van der Waals surface area contributed by atoms with Crippen molar-refractivity contribution in [3.8, 4) is 17.7 Å². The number of benzene rings is 2. The fourth-order valence-electron chi connectivity index (χ4n) is 4.75. The molecule has 1 fully saturated rings. The Hall–Kier alpha value is -3.70. The van der Waals surface area contributed by atoms with Crippen molar-refractivity contribution in [2.24, 2.45) is 11.8 Å². The smallest absolute Gasteiger partial charge is 0.308 e. The van der Waals surface area contributed by atoms with Crippen LogP contribution in [0.15, 0.2) is 48.7 Å². The monoisotopic (exact) mass is 494 g/mol. The van der Waals surface area contributed by atoms with Crippen LogP contribution in [0.2, 0.25) is 0 Å². The van der Waals surface area contributed by atoms with Crippen molar-refractivity contribution in [2.75, 3.05) is 20.2 Å². The number of fused-ring (bicyclic) bond motifs is 1. The largest absolute Gasteiger partial charge is 0.497 e. The van der Waals surface area contributed by atoms with Gasteiger partial charge in [-0.3, -0.25) is 9.78 Å². The van der Waals surface area contributed by atoms with E-state index in [-0.39, 0.29) is 24.4 Å². The highest BCUT2D eigenvalue weighted by Crippen LogP contribution is 2.33. The van der Waals surface area contributed by atoms with E-state index in [0.29, 0.717) is 31.6 Å². The Labute approximate surface area is 208 Å².